The number of amides is 1. The average molecular weight is 205 g/mol. The molecule has 1 saturated heterocycles. The van der Waals surface area contributed by atoms with Crippen LogP contribution in [0.15, 0.2) is 18.2 Å². The maximum atomic E-state index is 11.1. The first-order valence-electron chi connectivity index (χ1n) is 5.17. The Morgan fingerprint density at radius 2 is 2.20 bits per heavy atom. The predicted molar refractivity (Wildman–Crippen MR) is 57.8 cm³/mol. The van der Waals surface area contributed by atoms with Crippen LogP contribution in [0.5, 0.6) is 0 Å². The SMILES string of the molecule is Cc1ccc([C@H]2CCOC(=O)N2)c(C)c1. The van der Waals surface area contributed by atoms with Crippen LogP contribution in [0, 0.1) is 13.8 Å². The van der Waals surface area contributed by atoms with E-state index >= 15 is 0 Å². The quantitative estimate of drug-likeness (QED) is 0.764. The minimum Gasteiger partial charge on any atom is -0.449 e. The minimum atomic E-state index is -0.314. The molecule has 0 spiro atoms. The van der Waals surface area contributed by atoms with Gasteiger partial charge in [-0.15, -0.1) is 0 Å². The molecule has 0 bridgehead atoms. The molecule has 0 unspecified atom stereocenters. The lowest BCUT2D eigenvalue weighted by Gasteiger charge is -2.25. The van der Waals surface area contributed by atoms with Gasteiger partial charge in [0.15, 0.2) is 0 Å². The third-order valence-electron chi connectivity index (χ3n) is 2.73. The fourth-order valence-corrected chi connectivity index (χ4v) is 1.98. The Bertz CT molecular complexity index is 387. The molecular weight excluding hydrogens is 190 g/mol. The summed E-state index contributed by atoms with van der Waals surface area (Å²) in [5.74, 6) is 0. The number of nitrogens with one attached hydrogen (secondary N) is 1. The lowest BCUT2D eigenvalue weighted by atomic mass is 9.97. The van der Waals surface area contributed by atoms with Crippen molar-refractivity contribution < 1.29 is 9.53 Å². The summed E-state index contributed by atoms with van der Waals surface area (Å²) in [5.41, 5.74) is 3.66. The lowest BCUT2D eigenvalue weighted by Crippen LogP contribution is -2.35. The number of hydrogen-bond acceptors (Lipinski definition) is 2. The molecule has 1 atom stereocenters. The van der Waals surface area contributed by atoms with Crippen LogP contribution < -0.4 is 5.32 Å². The number of ether oxygens (including phenoxy) is 1. The van der Waals surface area contributed by atoms with E-state index in [4.69, 9.17) is 4.74 Å². The molecule has 3 heteroatoms. The smallest absolute Gasteiger partial charge is 0.407 e. The zero-order valence-corrected chi connectivity index (χ0v) is 9.04. The van der Waals surface area contributed by atoms with Gasteiger partial charge in [0.2, 0.25) is 0 Å². The number of benzene rings is 1. The van der Waals surface area contributed by atoms with Crippen LogP contribution in [0.25, 0.3) is 0 Å². The Kier molecular flexibility index (Phi) is 2.62. The number of cyclic esters (lactones) is 1. The summed E-state index contributed by atoms with van der Waals surface area (Å²) in [6.45, 7) is 4.65. The van der Waals surface area contributed by atoms with E-state index in [-0.39, 0.29) is 12.1 Å². The molecule has 1 amide bonds. The van der Waals surface area contributed by atoms with E-state index in [1.54, 1.807) is 0 Å². The van der Waals surface area contributed by atoms with Crippen molar-refractivity contribution in [3.05, 3.63) is 34.9 Å². The van der Waals surface area contributed by atoms with Crippen molar-refractivity contribution in [1.29, 1.82) is 0 Å². The highest BCUT2D eigenvalue weighted by atomic mass is 16.5. The molecule has 1 aliphatic heterocycles. The third kappa shape index (κ3) is 2.12. The monoisotopic (exact) mass is 205 g/mol. The Morgan fingerprint density at radius 1 is 1.40 bits per heavy atom. The Labute approximate surface area is 89.4 Å². The Balaban J connectivity index is 2.24. The van der Waals surface area contributed by atoms with Crippen LogP contribution >= 0.6 is 0 Å². The molecule has 80 valence electrons. The Morgan fingerprint density at radius 3 is 2.87 bits per heavy atom. The van der Waals surface area contributed by atoms with Gasteiger partial charge >= 0.3 is 6.09 Å². The van der Waals surface area contributed by atoms with Crippen molar-refractivity contribution in [2.45, 2.75) is 26.3 Å². The summed E-state index contributed by atoms with van der Waals surface area (Å²) in [6, 6.07) is 6.40. The lowest BCUT2D eigenvalue weighted by molar-refractivity contribution is 0.115. The maximum absolute atomic E-state index is 11.1. The number of aryl methyl sites for hydroxylation is 2. The van der Waals surface area contributed by atoms with Gasteiger partial charge < -0.3 is 10.1 Å². The predicted octanol–water partition coefficient (Wildman–Crippen LogP) is 2.47. The zero-order chi connectivity index (χ0) is 10.8. The van der Waals surface area contributed by atoms with Gasteiger partial charge in [0.25, 0.3) is 0 Å². The van der Waals surface area contributed by atoms with E-state index < -0.39 is 0 Å². The fourth-order valence-electron chi connectivity index (χ4n) is 1.98. The molecule has 0 saturated carbocycles. The first kappa shape index (κ1) is 10.0. The first-order valence-corrected chi connectivity index (χ1v) is 5.17. The Hall–Kier alpha value is -1.51. The molecule has 3 nitrogen and oxygen atoms in total. The van der Waals surface area contributed by atoms with E-state index in [1.165, 1.54) is 16.7 Å². The standard InChI is InChI=1S/C12H15NO2/c1-8-3-4-10(9(2)7-8)11-5-6-15-12(14)13-11/h3-4,7,11H,5-6H2,1-2H3,(H,13,14)/t11-/m1/s1. The van der Waals surface area contributed by atoms with Crippen LogP contribution in [-0.4, -0.2) is 12.7 Å². The van der Waals surface area contributed by atoms with Gasteiger partial charge in [-0.05, 0) is 25.0 Å². The number of carbonyl (C=O) groups is 1. The van der Waals surface area contributed by atoms with Crippen LogP contribution in [0.4, 0.5) is 4.79 Å². The van der Waals surface area contributed by atoms with Gasteiger partial charge in [-0.1, -0.05) is 23.8 Å². The first-order chi connectivity index (χ1) is 7.16. The molecule has 0 radical (unpaired) electrons. The highest BCUT2D eigenvalue weighted by Crippen LogP contribution is 2.23. The van der Waals surface area contributed by atoms with Gasteiger partial charge in [-0.3, -0.25) is 0 Å². The molecule has 1 heterocycles. The maximum Gasteiger partial charge on any atom is 0.407 e. The van der Waals surface area contributed by atoms with Crippen LogP contribution in [0.2, 0.25) is 0 Å². The molecule has 1 aromatic rings. The molecule has 1 aliphatic rings. The molecule has 1 fully saturated rings. The van der Waals surface area contributed by atoms with E-state index in [1.807, 2.05) is 0 Å². The van der Waals surface area contributed by atoms with Gasteiger partial charge in [-0.2, -0.15) is 0 Å². The topological polar surface area (TPSA) is 38.3 Å². The number of alkyl carbamates (subject to hydrolysis) is 1. The van der Waals surface area contributed by atoms with Crippen LogP contribution in [-0.2, 0) is 4.74 Å². The molecule has 0 aliphatic carbocycles. The molecule has 15 heavy (non-hydrogen) atoms. The largest absolute Gasteiger partial charge is 0.449 e. The molecule has 2 rings (SSSR count). The minimum absolute atomic E-state index is 0.104. The summed E-state index contributed by atoms with van der Waals surface area (Å²) < 4.78 is 4.84. The fraction of sp³-hybridized carbons (Fsp3) is 0.417. The molecule has 1 aromatic carbocycles. The highest BCUT2D eigenvalue weighted by Gasteiger charge is 2.21. The van der Waals surface area contributed by atoms with E-state index in [0.29, 0.717) is 6.61 Å². The number of carbonyl (C=O) groups excluding carboxylic acids is 1. The number of hydrogen-bond donors (Lipinski definition) is 1. The summed E-state index contributed by atoms with van der Waals surface area (Å²) in [5, 5.41) is 2.83. The van der Waals surface area contributed by atoms with Gasteiger partial charge in [0, 0.05) is 6.42 Å². The summed E-state index contributed by atoms with van der Waals surface area (Å²) in [7, 11) is 0. The van der Waals surface area contributed by atoms with Gasteiger partial charge in [0.1, 0.15) is 0 Å². The highest BCUT2D eigenvalue weighted by molar-refractivity contribution is 5.68. The second kappa shape index (κ2) is 3.93. The number of rotatable bonds is 1. The average Bonchev–Trinajstić information content (AvgIpc) is 2.17. The van der Waals surface area contributed by atoms with E-state index in [2.05, 4.69) is 37.4 Å². The van der Waals surface area contributed by atoms with Gasteiger partial charge in [0.05, 0.1) is 12.6 Å². The normalized spacial score (nSPS) is 20.7. The third-order valence-corrected chi connectivity index (χ3v) is 2.73. The molecule has 1 N–H and O–H groups in total. The van der Waals surface area contributed by atoms with Crippen molar-refractivity contribution in [3.63, 3.8) is 0 Å². The van der Waals surface area contributed by atoms with Crippen molar-refractivity contribution in [2.75, 3.05) is 6.61 Å². The van der Waals surface area contributed by atoms with Crippen molar-refractivity contribution in [1.82, 2.24) is 5.32 Å². The van der Waals surface area contributed by atoms with Crippen molar-refractivity contribution in [2.24, 2.45) is 0 Å². The van der Waals surface area contributed by atoms with Crippen LogP contribution in [0.3, 0.4) is 0 Å². The molecular formula is C12H15NO2. The summed E-state index contributed by atoms with van der Waals surface area (Å²) in [6.07, 6.45) is 0.529. The summed E-state index contributed by atoms with van der Waals surface area (Å²) >= 11 is 0. The van der Waals surface area contributed by atoms with E-state index in [9.17, 15) is 4.79 Å². The second-order valence-electron chi connectivity index (χ2n) is 3.98. The zero-order valence-electron chi connectivity index (χ0n) is 9.04. The van der Waals surface area contributed by atoms with Crippen LogP contribution in [0.1, 0.15) is 29.2 Å². The van der Waals surface area contributed by atoms with Crippen molar-refractivity contribution in [3.8, 4) is 0 Å². The van der Waals surface area contributed by atoms with Gasteiger partial charge in [-0.25, -0.2) is 4.79 Å². The van der Waals surface area contributed by atoms with Crippen molar-refractivity contribution >= 4 is 6.09 Å². The summed E-state index contributed by atoms with van der Waals surface area (Å²) in [4.78, 5) is 11.1. The van der Waals surface area contributed by atoms with E-state index in [0.717, 1.165) is 6.42 Å². The molecule has 0 aromatic heterocycles. The second-order valence-corrected chi connectivity index (χ2v) is 3.98.